The average Bonchev–Trinajstić information content (AvgIpc) is 2.74. The van der Waals surface area contributed by atoms with Crippen molar-refractivity contribution in [3.8, 4) is 22.5 Å². The van der Waals surface area contributed by atoms with Crippen LogP contribution >= 0.6 is 0 Å². The number of anilines is 1. The highest BCUT2D eigenvalue weighted by Crippen LogP contribution is 2.43. The normalized spacial score (nSPS) is 12.2. The van der Waals surface area contributed by atoms with Crippen molar-refractivity contribution in [2.45, 2.75) is 32.6 Å². The number of nitrogens with one attached hydrogen (secondary N) is 2. The van der Waals surface area contributed by atoms with Crippen molar-refractivity contribution in [1.82, 2.24) is 0 Å². The number of aryl methyl sites for hydroxylation is 2. The number of hydrogen-bond donors (Lipinski definition) is 3. The Labute approximate surface area is 199 Å². The molecule has 0 radical (unpaired) electrons. The zero-order valence-electron chi connectivity index (χ0n) is 19.0. The van der Waals surface area contributed by atoms with Gasteiger partial charge in [0.05, 0.1) is 6.07 Å². The van der Waals surface area contributed by atoms with E-state index in [0.717, 1.165) is 46.2 Å². The summed E-state index contributed by atoms with van der Waals surface area (Å²) in [6.07, 6.45) is 0. The molecular weight excluding hydrogens is 460 g/mol. The van der Waals surface area contributed by atoms with E-state index in [1.54, 1.807) is 18.2 Å². The fourth-order valence-corrected chi connectivity index (χ4v) is 4.85. The highest BCUT2D eigenvalue weighted by atomic mass is 35.5. The van der Waals surface area contributed by atoms with E-state index >= 15 is 0 Å². The maximum atomic E-state index is 12.2. The van der Waals surface area contributed by atoms with Crippen LogP contribution in [0, 0.1) is 13.8 Å². The zero-order chi connectivity index (χ0) is 23.0. The van der Waals surface area contributed by atoms with Crippen molar-refractivity contribution >= 4 is 26.8 Å². The first-order valence-electron chi connectivity index (χ1n) is 10.6. The SMILES string of the molecule is CCNc1cc2oc3cc(=[NH+]CC)c(C)cc-3c(-c3ccccc3S(=O)(=O)O)c2cc1C.[Cl-]. The molecule has 0 bridgehead atoms. The van der Waals surface area contributed by atoms with E-state index in [1.807, 2.05) is 52.0 Å². The molecule has 1 aliphatic heterocycles. The monoisotopic (exact) mass is 486 g/mol. The van der Waals surface area contributed by atoms with Gasteiger partial charge >= 0.3 is 0 Å². The summed E-state index contributed by atoms with van der Waals surface area (Å²) in [4.78, 5) is 3.21. The molecule has 2 aromatic rings. The molecule has 0 aromatic heterocycles. The van der Waals surface area contributed by atoms with Crippen molar-refractivity contribution in [2.75, 3.05) is 18.4 Å². The second kappa shape index (κ2) is 9.55. The molecule has 0 saturated carbocycles. The third-order valence-electron chi connectivity index (χ3n) is 5.58. The van der Waals surface area contributed by atoms with Crippen LogP contribution in [0.25, 0.3) is 33.4 Å². The van der Waals surface area contributed by atoms with Crippen LogP contribution in [-0.4, -0.2) is 26.1 Å². The van der Waals surface area contributed by atoms with Gasteiger partial charge in [0.1, 0.15) is 22.8 Å². The lowest BCUT2D eigenvalue weighted by atomic mass is 9.91. The Bertz CT molecular complexity index is 1480. The minimum Gasteiger partial charge on any atom is -1.00 e. The fraction of sp³-hybridized carbons (Fsp3) is 0.240. The lowest BCUT2D eigenvalue weighted by Crippen LogP contribution is -3.00. The quantitative estimate of drug-likeness (QED) is 0.282. The van der Waals surface area contributed by atoms with E-state index in [-0.39, 0.29) is 17.3 Å². The smallest absolute Gasteiger partial charge is 0.295 e. The van der Waals surface area contributed by atoms with Gasteiger partial charge in [-0.2, -0.15) is 8.42 Å². The van der Waals surface area contributed by atoms with Crippen LogP contribution in [0.3, 0.4) is 0 Å². The first-order chi connectivity index (χ1) is 15.2. The first kappa shape index (κ1) is 24.8. The molecular formula is C25H27ClN2O4S. The minimum absolute atomic E-state index is 0. The molecule has 1 aliphatic carbocycles. The maximum Gasteiger partial charge on any atom is 0.295 e. The second-order valence-corrected chi connectivity index (χ2v) is 9.23. The summed E-state index contributed by atoms with van der Waals surface area (Å²) in [6.45, 7) is 9.59. The molecule has 4 rings (SSSR count). The number of rotatable bonds is 5. The van der Waals surface area contributed by atoms with Gasteiger partial charge in [0.15, 0.2) is 0 Å². The molecule has 0 fully saturated rings. The summed E-state index contributed by atoms with van der Waals surface area (Å²) in [6, 6.07) is 14.4. The van der Waals surface area contributed by atoms with E-state index in [1.165, 1.54) is 6.07 Å². The van der Waals surface area contributed by atoms with E-state index < -0.39 is 10.1 Å². The molecule has 6 nitrogen and oxygen atoms in total. The van der Waals surface area contributed by atoms with Crippen LogP contribution in [0.2, 0.25) is 0 Å². The molecule has 1 heterocycles. The van der Waals surface area contributed by atoms with Crippen LogP contribution in [0.5, 0.6) is 0 Å². The van der Waals surface area contributed by atoms with Gasteiger partial charge in [-0.05, 0) is 51.5 Å². The third kappa shape index (κ3) is 4.62. The van der Waals surface area contributed by atoms with Crippen LogP contribution in [0.1, 0.15) is 25.0 Å². The summed E-state index contributed by atoms with van der Waals surface area (Å²) >= 11 is 0. The van der Waals surface area contributed by atoms with Gasteiger partial charge < -0.3 is 22.1 Å². The van der Waals surface area contributed by atoms with Crippen LogP contribution < -0.4 is 28.1 Å². The molecule has 2 aliphatic rings. The Morgan fingerprint density at radius 1 is 1.00 bits per heavy atom. The molecule has 33 heavy (non-hydrogen) atoms. The topological polar surface area (TPSA) is 93.5 Å². The van der Waals surface area contributed by atoms with Crippen LogP contribution in [0.15, 0.2) is 57.8 Å². The molecule has 0 saturated heterocycles. The van der Waals surface area contributed by atoms with Crippen LogP contribution in [-0.2, 0) is 10.1 Å². The number of benzene rings is 3. The Balaban J connectivity index is 0.00000306. The van der Waals surface area contributed by atoms with Crippen molar-refractivity contribution in [3.05, 3.63) is 65.0 Å². The van der Waals surface area contributed by atoms with Gasteiger partial charge in [-0.15, -0.1) is 0 Å². The summed E-state index contributed by atoms with van der Waals surface area (Å²) in [7, 11) is -4.43. The lowest BCUT2D eigenvalue weighted by Gasteiger charge is -2.19. The second-order valence-electron chi connectivity index (χ2n) is 7.84. The summed E-state index contributed by atoms with van der Waals surface area (Å²) in [5.74, 6) is 0.630. The first-order valence-corrected chi connectivity index (χ1v) is 12.1. The molecule has 174 valence electrons. The summed E-state index contributed by atoms with van der Waals surface area (Å²) in [5.41, 5.74) is 5.55. The summed E-state index contributed by atoms with van der Waals surface area (Å²) in [5, 5.41) is 5.08. The Morgan fingerprint density at radius 3 is 2.39 bits per heavy atom. The van der Waals surface area contributed by atoms with Gasteiger partial charge in [-0.25, -0.2) is 4.99 Å². The molecule has 2 aromatic carbocycles. The van der Waals surface area contributed by atoms with E-state index in [0.29, 0.717) is 22.5 Å². The standard InChI is InChI=1S/C25H26N2O4S.ClH/c1-5-26-20-13-22-18(11-15(20)3)25(17-9-7-8-10-24(17)32(28,29)30)19-12-16(4)21(27-6-2)14-23(19)31-22;/h7-14,26H,5-6H2,1-4H3,(H,28,29,30);1H. The van der Waals surface area contributed by atoms with E-state index in [9.17, 15) is 13.0 Å². The predicted octanol–water partition coefficient (Wildman–Crippen LogP) is 0.505. The van der Waals surface area contributed by atoms with Crippen molar-refractivity contribution in [1.29, 1.82) is 0 Å². The lowest BCUT2D eigenvalue weighted by molar-refractivity contribution is -0.496. The van der Waals surface area contributed by atoms with Crippen molar-refractivity contribution in [2.24, 2.45) is 0 Å². The molecule has 8 heteroatoms. The number of hydrogen-bond acceptors (Lipinski definition) is 4. The van der Waals surface area contributed by atoms with Gasteiger partial charge in [0.2, 0.25) is 5.36 Å². The average molecular weight is 487 g/mol. The maximum absolute atomic E-state index is 12.2. The van der Waals surface area contributed by atoms with Gasteiger partial charge in [0, 0.05) is 45.9 Å². The van der Waals surface area contributed by atoms with Crippen LogP contribution in [0.4, 0.5) is 5.69 Å². The van der Waals surface area contributed by atoms with E-state index in [2.05, 4.69) is 10.3 Å². The molecule has 0 amide bonds. The van der Waals surface area contributed by atoms with E-state index in [4.69, 9.17) is 4.42 Å². The molecule has 0 atom stereocenters. The fourth-order valence-electron chi connectivity index (χ4n) is 4.15. The molecule has 0 spiro atoms. The number of fused-ring (bicyclic) bond motifs is 2. The Kier molecular flexibility index (Phi) is 7.17. The third-order valence-corrected chi connectivity index (χ3v) is 6.49. The molecule has 3 N–H and O–H groups in total. The Hall–Kier alpha value is -2.87. The highest BCUT2D eigenvalue weighted by molar-refractivity contribution is 7.86. The van der Waals surface area contributed by atoms with Crippen molar-refractivity contribution < 1.29 is 34.8 Å². The predicted molar refractivity (Wildman–Crippen MR) is 126 cm³/mol. The Morgan fingerprint density at radius 2 is 1.73 bits per heavy atom. The van der Waals surface area contributed by atoms with Gasteiger partial charge in [0.25, 0.3) is 10.1 Å². The van der Waals surface area contributed by atoms with Crippen molar-refractivity contribution in [3.63, 3.8) is 0 Å². The number of halogens is 1. The summed E-state index contributed by atoms with van der Waals surface area (Å²) < 4.78 is 40.7. The van der Waals surface area contributed by atoms with Gasteiger partial charge in [-0.1, -0.05) is 18.2 Å². The van der Waals surface area contributed by atoms with Gasteiger partial charge in [-0.3, -0.25) is 4.55 Å². The zero-order valence-corrected chi connectivity index (χ0v) is 20.6. The largest absolute Gasteiger partial charge is 1.00 e. The highest BCUT2D eigenvalue weighted by Gasteiger charge is 2.24. The minimum atomic E-state index is -4.43. The molecule has 0 unspecified atom stereocenters.